The Morgan fingerprint density at radius 1 is 1.29 bits per heavy atom. The first kappa shape index (κ1) is 11.4. The van der Waals surface area contributed by atoms with Crippen molar-refractivity contribution in [2.24, 2.45) is 0 Å². The van der Waals surface area contributed by atoms with Gasteiger partial charge in [0.15, 0.2) is 0 Å². The first-order valence-electron chi connectivity index (χ1n) is 4.82. The van der Waals surface area contributed by atoms with Gasteiger partial charge in [0, 0.05) is 26.1 Å². The van der Waals surface area contributed by atoms with Crippen LogP contribution in [0.1, 0.15) is 12.1 Å². The maximum absolute atomic E-state index is 5.23. The zero-order valence-electron chi connectivity index (χ0n) is 8.77. The van der Waals surface area contributed by atoms with E-state index < -0.39 is 9.28 Å². The minimum absolute atomic E-state index is 1.01. The Kier molecular flexibility index (Phi) is 5.44. The number of nitrogens with zero attached hydrogens (tertiary/aromatic N) is 1. The molecule has 0 bridgehead atoms. The van der Waals surface area contributed by atoms with Gasteiger partial charge in [-0.2, -0.15) is 0 Å². The molecule has 0 aliphatic heterocycles. The van der Waals surface area contributed by atoms with Gasteiger partial charge in [0.1, 0.15) is 0 Å². The van der Waals surface area contributed by atoms with Gasteiger partial charge < -0.3 is 8.85 Å². The molecule has 1 rings (SSSR count). The number of aryl methyl sites for hydroxylation is 1. The van der Waals surface area contributed by atoms with E-state index in [1.807, 2.05) is 18.3 Å². The van der Waals surface area contributed by atoms with Crippen LogP contribution >= 0.6 is 0 Å². The molecule has 14 heavy (non-hydrogen) atoms. The molecular formula is C10H17NO2Si. The SMILES string of the molecule is CO[SiH](CCCc1ccccn1)OC. The fourth-order valence-electron chi connectivity index (χ4n) is 1.33. The highest BCUT2D eigenvalue weighted by molar-refractivity contribution is 6.44. The minimum Gasteiger partial charge on any atom is -0.400 e. The van der Waals surface area contributed by atoms with E-state index in [1.165, 1.54) is 0 Å². The molecule has 0 amide bonds. The Morgan fingerprint density at radius 3 is 2.64 bits per heavy atom. The van der Waals surface area contributed by atoms with E-state index in [4.69, 9.17) is 8.85 Å². The number of aromatic nitrogens is 1. The van der Waals surface area contributed by atoms with Gasteiger partial charge >= 0.3 is 9.28 Å². The van der Waals surface area contributed by atoms with Gasteiger partial charge in [-0.05, 0) is 31.0 Å². The lowest BCUT2D eigenvalue weighted by Crippen LogP contribution is -2.18. The molecule has 0 aliphatic rings. The number of pyridine rings is 1. The van der Waals surface area contributed by atoms with Gasteiger partial charge in [-0.3, -0.25) is 4.98 Å². The summed E-state index contributed by atoms with van der Waals surface area (Å²) in [6.45, 7) is 0. The van der Waals surface area contributed by atoms with Crippen molar-refractivity contribution in [3.8, 4) is 0 Å². The van der Waals surface area contributed by atoms with Crippen molar-refractivity contribution in [2.45, 2.75) is 18.9 Å². The molecular weight excluding hydrogens is 194 g/mol. The summed E-state index contributed by atoms with van der Waals surface area (Å²) in [6.07, 6.45) is 3.93. The van der Waals surface area contributed by atoms with E-state index in [2.05, 4.69) is 11.1 Å². The smallest absolute Gasteiger partial charge is 0.320 e. The van der Waals surface area contributed by atoms with E-state index in [0.29, 0.717) is 0 Å². The lowest BCUT2D eigenvalue weighted by molar-refractivity contribution is 0.276. The van der Waals surface area contributed by atoms with Crippen molar-refractivity contribution in [2.75, 3.05) is 14.2 Å². The topological polar surface area (TPSA) is 31.4 Å². The third-order valence-electron chi connectivity index (χ3n) is 2.12. The predicted octanol–water partition coefficient (Wildman–Crippen LogP) is 1.53. The van der Waals surface area contributed by atoms with Gasteiger partial charge in [-0.25, -0.2) is 0 Å². The summed E-state index contributed by atoms with van der Waals surface area (Å²) < 4.78 is 10.5. The molecule has 1 aromatic heterocycles. The molecule has 0 atom stereocenters. The van der Waals surface area contributed by atoms with Gasteiger partial charge in [-0.1, -0.05) is 6.07 Å². The molecule has 0 saturated heterocycles. The summed E-state index contributed by atoms with van der Waals surface area (Å²) in [5.74, 6) is 0. The van der Waals surface area contributed by atoms with Crippen LogP contribution in [-0.4, -0.2) is 28.5 Å². The molecule has 0 spiro atoms. The van der Waals surface area contributed by atoms with Crippen molar-refractivity contribution < 1.29 is 8.85 Å². The summed E-state index contributed by atoms with van der Waals surface area (Å²) in [4.78, 5) is 4.26. The lowest BCUT2D eigenvalue weighted by Gasteiger charge is -2.09. The molecule has 0 radical (unpaired) electrons. The van der Waals surface area contributed by atoms with Crippen LogP contribution < -0.4 is 0 Å². The lowest BCUT2D eigenvalue weighted by atomic mass is 10.2. The molecule has 3 nitrogen and oxygen atoms in total. The summed E-state index contributed by atoms with van der Waals surface area (Å²) >= 11 is 0. The van der Waals surface area contributed by atoms with Crippen molar-refractivity contribution in [3.63, 3.8) is 0 Å². The van der Waals surface area contributed by atoms with E-state index in [-0.39, 0.29) is 0 Å². The fraction of sp³-hybridized carbons (Fsp3) is 0.500. The van der Waals surface area contributed by atoms with Gasteiger partial charge in [0.05, 0.1) is 0 Å². The normalized spacial score (nSPS) is 10.8. The van der Waals surface area contributed by atoms with E-state index in [0.717, 1.165) is 24.6 Å². The summed E-state index contributed by atoms with van der Waals surface area (Å²) in [6, 6.07) is 7.05. The predicted molar refractivity (Wildman–Crippen MR) is 58.5 cm³/mol. The average Bonchev–Trinajstić information content (AvgIpc) is 2.26. The van der Waals surface area contributed by atoms with Crippen molar-refractivity contribution in [1.82, 2.24) is 4.98 Å². The molecule has 1 heterocycles. The molecule has 1 aromatic rings. The summed E-state index contributed by atoms with van der Waals surface area (Å²) in [5.41, 5.74) is 1.15. The van der Waals surface area contributed by atoms with Crippen LogP contribution in [0, 0.1) is 0 Å². The Bertz CT molecular complexity index is 239. The average molecular weight is 211 g/mol. The first-order valence-corrected chi connectivity index (χ1v) is 6.58. The number of hydrogen-bond donors (Lipinski definition) is 0. The van der Waals surface area contributed by atoms with Crippen LogP contribution in [0.2, 0.25) is 6.04 Å². The van der Waals surface area contributed by atoms with Gasteiger partial charge in [0.2, 0.25) is 0 Å². The molecule has 4 heteroatoms. The first-order chi connectivity index (χ1) is 6.86. The van der Waals surface area contributed by atoms with E-state index in [1.54, 1.807) is 14.2 Å². The van der Waals surface area contributed by atoms with Crippen LogP contribution in [-0.2, 0) is 15.3 Å². The third-order valence-corrected chi connectivity index (χ3v) is 4.06. The summed E-state index contributed by atoms with van der Waals surface area (Å²) in [7, 11) is 2.09. The highest BCUT2D eigenvalue weighted by Gasteiger charge is 2.08. The fourth-order valence-corrected chi connectivity index (χ4v) is 2.53. The highest BCUT2D eigenvalue weighted by Crippen LogP contribution is 2.05. The zero-order valence-corrected chi connectivity index (χ0v) is 9.93. The van der Waals surface area contributed by atoms with Crippen LogP contribution in [0.4, 0.5) is 0 Å². The number of hydrogen-bond acceptors (Lipinski definition) is 3. The quantitative estimate of drug-likeness (QED) is 0.669. The highest BCUT2D eigenvalue weighted by atomic mass is 28.3. The van der Waals surface area contributed by atoms with Gasteiger partial charge in [-0.15, -0.1) is 0 Å². The third kappa shape index (κ3) is 4.00. The van der Waals surface area contributed by atoms with Crippen molar-refractivity contribution in [1.29, 1.82) is 0 Å². The van der Waals surface area contributed by atoms with Gasteiger partial charge in [0.25, 0.3) is 0 Å². The minimum atomic E-state index is -1.36. The van der Waals surface area contributed by atoms with E-state index in [9.17, 15) is 0 Å². The summed E-state index contributed by atoms with van der Waals surface area (Å²) in [5, 5.41) is 0. The van der Waals surface area contributed by atoms with Crippen LogP contribution in [0.15, 0.2) is 24.4 Å². The molecule has 78 valence electrons. The second-order valence-electron chi connectivity index (χ2n) is 3.11. The molecule has 0 saturated carbocycles. The Morgan fingerprint density at radius 2 is 2.07 bits per heavy atom. The maximum atomic E-state index is 5.23. The van der Waals surface area contributed by atoms with Crippen LogP contribution in [0.5, 0.6) is 0 Å². The molecule has 0 aliphatic carbocycles. The Hall–Kier alpha value is -0.713. The second-order valence-corrected chi connectivity index (χ2v) is 5.49. The van der Waals surface area contributed by atoms with E-state index >= 15 is 0 Å². The largest absolute Gasteiger partial charge is 0.400 e. The second kappa shape index (κ2) is 6.70. The number of rotatable bonds is 6. The standard InChI is InChI=1S/C10H17NO2Si/c1-12-14(13-2)9-5-7-10-6-3-4-8-11-10/h3-4,6,8,14H,5,7,9H2,1-2H3. The van der Waals surface area contributed by atoms with Crippen molar-refractivity contribution >= 4 is 9.28 Å². The molecule has 0 unspecified atom stereocenters. The zero-order chi connectivity index (χ0) is 10.2. The Labute approximate surface area is 86.9 Å². The monoisotopic (exact) mass is 211 g/mol. The molecule has 0 N–H and O–H groups in total. The molecule has 0 fully saturated rings. The van der Waals surface area contributed by atoms with Crippen LogP contribution in [0.25, 0.3) is 0 Å². The van der Waals surface area contributed by atoms with Crippen molar-refractivity contribution in [3.05, 3.63) is 30.1 Å². The Balaban J connectivity index is 2.21. The van der Waals surface area contributed by atoms with Crippen LogP contribution in [0.3, 0.4) is 0 Å². The molecule has 0 aromatic carbocycles. The maximum Gasteiger partial charge on any atom is 0.320 e.